The molecule has 0 bridgehead atoms. The first-order chi connectivity index (χ1) is 21.5. The molecule has 1 unspecified atom stereocenters. The van der Waals surface area contributed by atoms with Gasteiger partial charge < -0.3 is 4.74 Å². The average Bonchev–Trinajstić information content (AvgIpc) is 3.02. The lowest BCUT2D eigenvalue weighted by Gasteiger charge is -2.09. The Bertz CT molecular complexity index is 656. The van der Waals surface area contributed by atoms with Gasteiger partial charge in [-0.2, -0.15) is 0 Å². The molecule has 0 saturated carbocycles. The molecule has 0 fully saturated rings. The Morgan fingerprint density at radius 2 is 0.795 bits per heavy atom. The minimum Gasteiger partial charge on any atom is -0.466 e. The zero-order chi connectivity index (χ0) is 32.4. The molecule has 0 saturated heterocycles. The molecule has 0 spiro atoms. The van der Waals surface area contributed by atoms with E-state index in [9.17, 15) is 14.4 Å². The zero-order valence-electron chi connectivity index (χ0n) is 28.8. The molecule has 0 aliphatic rings. The van der Waals surface area contributed by atoms with E-state index in [1.807, 2.05) is 0 Å². The van der Waals surface area contributed by atoms with Gasteiger partial charge in [-0.05, 0) is 25.7 Å². The second kappa shape index (κ2) is 34.6. The van der Waals surface area contributed by atoms with Gasteiger partial charge in [0.15, 0.2) is 0 Å². The summed E-state index contributed by atoms with van der Waals surface area (Å²) < 4.78 is 5.26. The Morgan fingerprint density at radius 3 is 1.18 bits per heavy atom. The molecule has 0 aliphatic heterocycles. The van der Waals surface area contributed by atoms with Crippen molar-refractivity contribution in [3.05, 3.63) is 0 Å². The number of alkyl halides is 1. The molecule has 1 atom stereocenters. The molecule has 6 nitrogen and oxygen atoms in total. The number of hydrogen-bond acceptors (Lipinski definition) is 6. The summed E-state index contributed by atoms with van der Waals surface area (Å²) in [5.41, 5.74) is 0. The quantitative estimate of drug-likeness (QED) is 0.0232. The highest BCUT2D eigenvalue weighted by Crippen LogP contribution is 2.15. The average molecular weight is 645 g/mol. The third-order valence-corrected chi connectivity index (χ3v) is 8.70. The van der Waals surface area contributed by atoms with Crippen LogP contribution < -0.4 is 0 Å². The van der Waals surface area contributed by atoms with Crippen molar-refractivity contribution < 1.29 is 28.9 Å². The first kappa shape index (κ1) is 42.7. The highest BCUT2D eigenvalue weighted by Gasteiger charge is 2.20. The third-order valence-electron chi connectivity index (χ3n) is 8.31. The van der Waals surface area contributed by atoms with E-state index in [0.29, 0.717) is 12.8 Å². The summed E-state index contributed by atoms with van der Waals surface area (Å²) in [6, 6.07) is 0. The largest absolute Gasteiger partial charge is 0.466 e. The van der Waals surface area contributed by atoms with Crippen LogP contribution >= 0.6 is 11.6 Å². The van der Waals surface area contributed by atoms with Crippen molar-refractivity contribution in [3.63, 3.8) is 0 Å². The van der Waals surface area contributed by atoms with Crippen molar-refractivity contribution >= 4 is 29.5 Å². The summed E-state index contributed by atoms with van der Waals surface area (Å²) in [4.78, 5) is 45.0. The number of ether oxygens (including phenoxy) is 1. The minimum atomic E-state index is -0.945. The number of hydrogen-bond donors (Lipinski definition) is 0. The summed E-state index contributed by atoms with van der Waals surface area (Å²) in [6.07, 6.45) is 33.9. The maximum Gasteiger partial charge on any atom is 0.373 e. The minimum absolute atomic E-state index is 0.205. The van der Waals surface area contributed by atoms with Gasteiger partial charge in [-0.25, -0.2) is 19.4 Å². The molecular weight excluding hydrogens is 576 g/mol. The lowest BCUT2D eigenvalue weighted by molar-refractivity contribution is -0.258. The van der Waals surface area contributed by atoms with Crippen LogP contribution in [0.1, 0.15) is 206 Å². The highest BCUT2D eigenvalue weighted by molar-refractivity contribution is 6.29. The predicted octanol–water partition coefficient (Wildman–Crippen LogP) is 11.9. The molecule has 0 amide bonds. The molecule has 0 aromatic heterocycles. The van der Waals surface area contributed by atoms with Crippen molar-refractivity contribution in [2.75, 3.05) is 6.61 Å². The van der Waals surface area contributed by atoms with E-state index in [-0.39, 0.29) is 25.4 Å². The molecule has 0 N–H and O–H groups in total. The van der Waals surface area contributed by atoms with Gasteiger partial charge in [0.2, 0.25) is 0 Å². The molecule has 0 radical (unpaired) electrons. The van der Waals surface area contributed by atoms with Crippen LogP contribution in [0.4, 0.5) is 0 Å². The second-order valence-corrected chi connectivity index (χ2v) is 13.2. The highest BCUT2D eigenvalue weighted by atomic mass is 35.5. The monoisotopic (exact) mass is 644 g/mol. The smallest absolute Gasteiger partial charge is 0.373 e. The van der Waals surface area contributed by atoms with Crippen molar-refractivity contribution in [2.45, 2.75) is 212 Å². The maximum atomic E-state index is 12.0. The van der Waals surface area contributed by atoms with Gasteiger partial charge in [-0.3, -0.25) is 4.79 Å². The van der Waals surface area contributed by atoms with Crippen LogP contribution in [0.25, 0.3) is 0 Å². The lowest BCUT2D eigenvalue weighted by Crippen LogP contribution is -2.21. The molecule has 0 aromatic rings. The van der Waals surface area contributed by atoms with Gasteiger partial charge in [-0.15, -0.1) is 11.6 Å². The third kappa shape index (κ3) is 32.1. The van der Waals surface area contributed by atoms with E-state index in [2.05, 4.69) is 23.6 Å². The van der Waals surface area contributed by atoms with Crippen molar-refractivity contribution in [1.29, 1.82) is 0 Å². The molecule has 0 heterocycles. The van der Waals surface area contributed by atoms with Gasteiger partial charge in [0.05, 0.1) is 13.0 Å². The van der Waals surface area contributed by atoms with E-state index >= 15 is 0 Å². The summed E-state index contributed by atoms with van der Waals surface area (Å²) in [5, 5.41) is -0.945. The molecule has 0 aromatic carbocycles. The van der Waals surface area contributed by atoms with Crippen LogP contribution in [0.2, 0.25) is 0 Å². The van der Waals surface area contributed by atoms with Gasteiger partial charge in [-0.1, -0.05) is 168 Å². The summed E-state index contributed by atoms with van der Waals surface area (Å²) in [6.45, 7) is 4.72. The summed E-state index contributed by atoms with van der Waals surface area (Å²) in [7, 11) is 0. The van der Waals surface area contributed by atoms with E-state index in [4.69, 9.17) is 16.3 Å². The Balaban J connectivity index is 3.49. The predicted molar refractivity (Wildman–Crippen MR) is 183 cm³/mol. The molecular formula is C37H69ClO6. The Kier molecular flexibility index (Phi) is 33.5. The van der Waals surface area contributed by atoms with Gasteiger partial charge in [0.1, 0.15) is 5.38 Å². The second-order valence-electron chi connectivity index (χ2n) is 12.7. The normalized spacial score (nSPS) is 11.8. The van der Waals surface area contributed by atoms with Crippen molar-refractivity contribution in [3.8, 4) is 0 Å². The van der Waals surface area contributed by atoms with Crippen LogP contribution in [0.15, 0.2) is 0 Å². The molecule has 7 heteroatoms. The zero-order valence-corrected chi connectivity index (χ0v) is 29.6. The summed E-state index contributed by atoms with van der Waals surface area (Å²) in [5.74, 6) is -1.54. The van der Waals surface area contributed by atoms with E-state index in [0.717, 1.165) is 32.1 Å². The Hall–Kier alpha value is -1.30. The number of carbonyl (C=O) groups is 3. The first-order valence-electron chi connectivity index (χ1n) is 18.7. The topological polar surface area (TPSA) is 78.9 Å². The van der Waals surface area contributed by atoms with E-state index in [1.165, 1.54) is 135 Å². The molecule has 260 valence electrons. The van der Waals surface area contributed by atoms with Crippen molar-refractivity contribution in [2.24, 2.45) is 0 Å². The number of carbonyl (C=O) groups excluding carboxylic acids is 3. The number of esters is 1. The molecule has 44 heavy (non-hydrogen) atoms. The molecule has 0 aliphatic carbocycles. The number of unbranched alkanes of at least 4 members (excludes halogenated alkanes) is 24. The molecule has 0 rings (SSSR count). The van der Waals surface area contributed by atoms with Gasteiger partial charge >= 0.3 is 17.9 Å². The standard InChI is InChI=1S/C37H69ClO6/c1-3-5-7-9-11-13-15-17-19-21-23-25-27-31-35(39)42-33-29-30-34(38)37(41)44-43-36(40)32-28-26-24-22-20-18-16-14-12-10-8-6-4-2/h34H,3-33H2,1-2H3. The number of rotatable bonds is 33. The Labute approximate surface area is 276 Å². The summed E-state index contributed by atoms with van der Waals surface area (Å²) >= 11 is 6.06. The first-order valence-corrected chi connectivity index (χ1v) is 19.2. The van der Waals surface area contributed by atoms with Crippen LogP contribution in [0.3, 0.4) is 0 Å². The maximum absolute atomic E-state index is 12.0. The SMILES string of the molecule is CCCCCCCCCCCCCCCC(=O)OCCCC(Cl)C(=O)OOC(=O)CCCCCCCCCCCCCCC. The van der Waals surface area contributed by atoms with Gasteiger partial charge in [0, 0.05) is 6.42 Å². The van der Waals surface area contributed by atoms with Crippen LogP contribution in [0, 0.1) is 0 Å². The van der Waals surface area contributed by atoms with Crippen LogP contribution in [-0.4, -0.2) is 29.9 Å². The van der Waals surface area contributed by atoms with Crippen molar-refractivity contribution in [1.82, 2.24) is 0 Å². The van der Waals surface area contributed by atoms with Crippen LogP contribution in [0.5, 0.6) is 0 Å². The lowest BCUT2D eigenvalue weighted by atomic mass is 10.0. The fourth-order valence-electron chi connectivity index (χ4n) is 5.39. The number of halogens is 1. The van der Waals surface area contributed by atoms with Crippen LogP contribution in [-0.2, 0) is 28.9 Å². The fraction of sp³-hybridized carbons (Fsp3) is 0.919. The van der Waals surface area contributed by atoms with E-state index in [1.54, 1.807) is 0 Å². The van der Waals surface area contributed by atoms with Gasteiger partial charge in [0.25, 0.3) is 0 Å². The fourth-order valence-corrected chi connectivity index (χ4v) is 5.58. The van der Waals surface area contributed by atoms with E-state index < -0.39 is 17.3 Å². The Morgan fingerprint density at radius 1 is 0.455 bits per heavy atom.